The highest BCUT2D eigenvalue weighted by Gasteiger charge is 2.15. The van der Waals surface area contributed by atoms with Crippen LogP contribution in [0.2, 0.25) is 0 Å². The van der Waals surface area contributed by atoms with Crippen LogP contribution in [0.25, 0.3) is 20.2 Å². The molecule has 2 nitrogen and oxygen atoms in total. The monoisotopic (exact) mass is 308 g/mol. The second kappa shape index (κ2) is 5.56. The van der Waals surface area contributed by atoms with Crippen molar-refractivity contribution >= 4 is 34.0 Å². The summed E-state index contributed by atoms with van der Waals surface area (Å²) in [6.07, 6.45) is 0. The Morgan fingerprint density at radius 1 is 0.895 bits per heavy atom. The predicted octanol–water partition coefficient (Wildman–Crippen LogP) is 4.19. The number of hydrogen-bond donors (Lipinski definition) is 2. The van der Waals surface area contributed by atoms with Gasteiger partial charge in [-0.2, -0.15) is 0 Å². The first-order valence-corrected chi connectivity index (χ1v) is 8.30. The van der Waals surface area contributed by atoms with Crippen molar-refractivity contribution in [3.05, 3.63) is 45.5 Å². The highest BCUT2D eigenvalue weighted by molar-refractivity contribution is 7.22. The van der Waals surface area contributed by atoms with E-state index in [0.717, 1.165) is 20.2 Å². The van der Waals surface area contributed by atoms with E-state index in [-0.39, 0.29) is 13.2 Å². The molecule has 19 heavy (non-hydrogen) atoms. The van der Waals surface area contributed by atoms with Crippen molar-refractivity contribution in [1.82, 2.24) is 0 Å². The summed E-state index contributed by atoms with van der Waals surface area (Å²) in [5.41, 5.74) is 1.15. The summed E-state index contributed by atoms with van der Waals surface area (Å²) < 4.78 is 0. The van der Waals surface area contributed by atoms with Gasteiger partial charge in [0.15, 0.2) is 0 Å². The van der Waals surface area contributed by atoms with Gasteiger partial charge in [0.1, 0.15) is 0 Å². The van der Waals surface area contributed by atoms with Gasteiger partial charge < -0.3 is 10.2 Å². The van der Waals surface area contributed by atoms with E-state index in [0.29, 0.717) is 0 Å². The lowest BCUT2D eigenvalue weighted by molar-refractivity contribution is 0.285. The number of hydrogen-bond acceptors (Lipinski definition) is 5. The van der Waals surface area contributed by atoms with Crippen LogP contribution in [0.3, 0.4) is 0 Å². The minimum absolute atomic E-state index is 0.0707. The summed E-state index contributed by atoms with van der Waals surface area (Å²) in [6, 6.07) is 10.2. The molecule has 2 N–H and O–H groups in total. The Kier molecular flexibility index (Phi) is 3.81. The van der Waals surface area contributed by atoms with Crippen LogP contribution in [0, 0.1) is 0 Å². The molecule has 5 heteroatoms. The van der Waals surface area contributed by atoms with Gasteiger partial charge in [0.05, 0.1) is 18.1 Å². The van der Waals surface area contributed by atoms with Crippen molar-refractivity contribution in [2.75, 3.05) is 0 Å². The zero-order chi connectivity index (χ0) is 13.2. The van der Waals surface area contributed by atoms with Gasteiger partial charge in [0.2, 0.25) is 0 Å². The van der Waals surface area contributed by atoms with Gasteiger partial charge in [-0.15, -0.1) is 34.0 Å². The minimum Gasteiger partial charge on any atom is -0.391 e. The quantitative estimate of drug-likeness (QED) is 0.758. The van der Waals surface area contributed by atoms with Crippen LogP contribution in [-0.4, -0.2) is 10.2 Å². The zero-order valence-electron chi connectivity index (χ0n) is 10.00. The third-order valence-corrected chi connectivity index (χ3v) is 6.04. The Hall–Kier alpha value is -0.980. The molecule has 3 heterocycles. The standard InChI is InChI=1S/C14H12O2S3/c15-7-9-3-4-12(18-9)11-6-10(8-16)19-14(11)13-2-1-5-17-13/h1-6,15-16H,7-8H2. The Bertz CT molecular complexity index is 665. The summed E-state index contributed by atoms with van der Waals surface area (Å²) in [7, 11) is 0. The van der Waals surface area contributed by atoms with Crippen LogP contribution in [0.4, 0.5) is 0 Å². The molecule has 3 aromatic rings. The van der Waals surface area contributed by atoms with Gasteiger partial charge >= 0.3 is 0 Å². The molecule has 0 aliphatic heterocycles. The lowest BCUT2D eigenvalue weighted by Gasteiger charge is -1.98. The van der Waals surface area contributed by atoms with E-state index in [1.165, 1.54) is 9.75 Å². The number of rotatable bonds is 4. The van der Waals surface area contributed by atoms with Crippen LogP contribution in [0.15, 0.2) is 35.7 Å². The molecule has 0 aromatic carbocycles. The van der Waals surface area contributed by atoms with Crippen LogP contribution >= 0.6 is 34.0 Å². The summed E-state index contributed by atoms with van der Waals surface area (Å²) >= 11 is 4.94. The molecule has 98 valence electrons. The summed E-state index contributed by atoms with van der Waals surface area (Å²) in [5, 5.41) is 20.6. The molecule has 3 aromatic heterocycles. The molecule has 0 aliphatic rings. The van der Waals surface area contributed by atoms with Crippen molar-refractivity contribution in [1.29, 1.82) is 0 Å². The van der Waals surface area contributed by atoms with Crippen molar-refractivity contribution in [2.45, 2.75) is 13.2 Å². The van der Waals surface area contributed by atoms with E-state index >= 15 is 0 Å². The summed E-state index contributed by atoms with van der Waals surface area (Å²) in [4.78, 5) is 5.49. The maximum atomic E-state index is 9.35. The summed E-state index contributed by atoms with van der Waals surface area (Å²) in [5.74, 6) is 0. The van der Waals surface area contributed by atoms with Gasteiger partial charge in [-0.1, -0.05) is 6.07 Å². The molecule has 0 radical (unpaired) electrons. The van der Waals surface area contributed by atoms with Crippen molar-refractivity contribution in [2.24, 2.45) is 0 Å². The van der Waals surface area contributed by atoms with E-state index in [1.807, 2.05) is 24.3 Å². The third-order valence-electron chi connectivity index (χ3n) is 2.77. The van der Waals surface area contributed by atoms with E-state index in [4.69, 9.17) is 0 Å². The Morgan fingerprint density at radius 2 is 1.74 bits per heavy atom. The first kappa shape index (κ1) is 13.0. The fourth-order valence-corrected chi connectivity index (χ4v) is 4.75. The molecule has 0 spiro atoms. The molecule has 0 aliphatic carbocycles. The Balaban J connectivity index is 2.11. The Labute approximate surface area is 123 Å². The van der Waals surface area contributed by atoms with Gasteiger partial charge in [0.25, 0.3) is 0 Å². The molecule has 0 bridgehead atoms. The van der Waals surface area contributed by atoms with Crippen LogP contribution in [0.5, 0.6) is 0 Å². The first-order valence-electron chi connectivity index (χ1n) is 5.79. The number of aliphatic hydroxyl groups excluding tert-OH is 2. The largest absolute Gasteiger partial charge is 0.391 e. The maximum Gasteiger partial charge on any atom is 0.0774 e. The molecular formula is C14H12O2S3. The van der Waals surface area contributed by atoms with Gasteiger partial charge in [-0.25, -0.2) is 0 Å². The number of thiophene rings is 3. The second-order valence-electron chi connectivity index (χ2n) is 4.01. The molecule has 0 fully saturated rings. The average Bonchev–Trinajstić information content (AvgIpc) is 3.16. The van der Waals surface area contributed by atoms with Crippen molar-refractivity contribution in [3.63, 3.8) is 0 Å². The topological polar surface area (TPSA) is 40.5 Å². The van der Waals surface area contributed by atoms with Crippen molar-refractivity contribution in [3.8, 4) is 20.2 Å². The van der Waals surface area contributed by atoms with Crippen LogP contribution in [-0.2, 0) is 13.2 Å². The molecule has 0 unspecified atom stereocenters. The molecule has 0 saturated heterocycles. The van der Waals surface area contributed by atoms with Crippen LogP contribution < -0.4 is 0 Å². The zero-order valence-corrected chi connectivity index (χ0v) is 12.4. The van der Waals surface area contributed by atoms with E-state index in [2.05, 4.69) is 11.4 Å². The van der Waals surface area contributed by atoms with Crippen LogP contribution in [0.1, 0.15) is 9.75 Å². The highest BCUT2D eigenvalue weighted by atomic mass is 32.1. The van der Waals surface area contributed by atoms with E-state index in [9.17, 15) is 10.2 Å². The molecule has 3 rings (SSSR count). The minimum atomic E-state index is 0.0707. The molecule has 0 atom stereocenters. The average molecular weight is 308 g/mol. The highest BCUT2D eigenvalue weighted by Crippen LogP contribution is 2.43. The van der Waals surface area contributed by atoms with E-state index in [1.54, 1.807) is 34.0 Å². The lowest BCUT2D eigenvalue weighted by atomic mass is 10.2. The fourth-order valence-electron chi connectivity index (χ4n) is 1.90. The normalized spacial score (nSPS) is 11.1. The smallest absolute Gasteiger partial charge is 0.0774 e. The molecular weight excluding hydrogens is 296 g/mol. The third kappa shape index (κ3) is 2.52. The van der Waals surface area contributed by atoms with Gasteiger partial charge in [0, 0.05) is 25.1 Å². The van der Waals surface area contributed by atoms with E-state index < -0.39 is 0 Å². The molecule has 0 amide bonds. The maximum absolute atomic E-state index is 9.35. The van der Waals surface area contributed by atoms with Gasteiger partial charge in [-0.3, -0.25) is 0 Å². The van der Waals surface area contributed by atoms with Gasteiger partial charge in [-0.05, 0) is 29.6 Å². The predicted molar refractivity (Wildman–Crippen MR) is 82.8 cm³/mol. The molecule has 0 saturated carbocycles. The number of aliphatic hydroxyl groups is 2. The Morgan fingerprint density at radius 3 is 2.37 bits per heavy atom. The second-order valence-corrected chi connectivity index (χ2v) is 7.27. The lowest BCUT2D eigenvalue weighted by Crippen LogP contribution is -1.73. The van der Waals surface area contributed by atoms with Crippen molar-refractivity contribution < 1.29 is 10.2 Å². The SMILES string of the molecule is OCc1ccc(-c2cc(CO)sc2-c2cccs2)s1. The first-order chi connectivity index (χ1) is 9.31. The summed E-state index contributed by atoms with van der Waals surface area (Å²) in [6.45, 7) is 0.150. The fraction of sp³-hybridized carbons (Fsp3) is 0.143.